The van der Waals surface area contributed by atoms with E-state index in [1.165, 1.54) is 5.56 Å². The van der Waals surface area contributed by atoms with Gasteiger partial charge in [0.15, 0.2) is 0 Å². The first-order valence-corrected chi connectivity index (χ1v) is 7.39. The molecular weight excluding hydrogens is 252 g/mol. The first-order valence-electron chi connectivity index (χ1n) is 7.39. The first kappa shape index (κ1) is 14.8. The zero-order chi connectivity index (χ0) is 14.4. The van der Waals surface area contributed by atoms with Crippen molar-refractivity contribution in [2.24, 2.45) is 0 Å². The van der Waals surface area contributed by atoms with E-state index in [0.717, 1.165) is 43.9 Å². The van der Waals surface area contributed by atoms with Gasteiger partial charge >= 0.3 is 0 Å². The topological polar surface area (TPSA) is 55.9 Å². The number of furan rings is 1. The van der Waals surface area contributed by atoms with Crippen molar-refractivity contribution in [1.82, 2.24) is 20.1 Å². The van der Waals surface area contributed by atoms with Crippen LogP contribution in [-0.2, 0) is 13.0 Å². The number of nitrogens with zero attached hydrogens (tertiary/aromatic N) is 3. The monoisotopic (exact) mass is 276 g/mol. The van der Waals surface area contributed by atoms with Gasteiger partial charge in [-0.25, -0.2) is 4.98 Å². The van der Waals surface area contributed by atoms with Crippen molar-refractivity contribution in [3.8, 4) is 0 Å². The molecule has 5 heteroatoms. The van der Waals surface area contributed by atoms with Gasteiger partial charge in [0.2, 0.25) is 0 Å². The van der Waals surface area contributed by atoms with Gasteiger partial charge < -0.3 is 9.73 Å². The fourth-order valence-electron chi connectivity index (χ4n) is 2.30. The molecule has 0 spiro atoms. The molecule has 0 radical (unpaired) electrons. The maximum atomic E-state index is 5.44. The molecule has 1 unspecified atom stereocenters. The Morgan fingerprint density at radius 1 is 1.35 bits per heavy atom. The molecule has 0 saturated carbocycles. The van der Waals surface area contributed by atoms with E-state index in [1.807, 2.05) is 17.9 Å². The lowest BCUT2D eigenvalue weighted by Gasteiger charge is -2.17. The summed E-state index contributed by atoms with van der Waals surface area (Å²) in [7, 11) is 0. The van der Waals surface area contributed by atoms with Gasteiger partial charge in [0.05, 0.1) is 6.26 Å². The highest BCUT2D eigenvalue weighted by molar-refractivity contribution is 5.17. The van der Waals surface area contributed by atoms with Crippen molar-refractivity contribution in [2.45, 2.75) is 52.6 Å². The van der Waals surface area contributed by atoms with Crippen LogP contribution in [0.3, 0.4) is 0 Å². The lowest BCUT2D eigenvalue weighted by Crippen LogP contribution is -2.25. The third-order valence-electron chi connectivity index (χ3n) is 3.31. The average molecular weight is 276 g/mol. The lowest BCUT2D eigenvalue weighted by atomic mass is 10.1. The van der Waals surface area contributed by atoms with Gasteiger partial charge in [0.25, 0.3) is 0 Å². The quantitative estimate of drug-likeness (QED) is 0.805. The maximum absolute atomic E-state index is 5.44. The molecule has 0 bridgehead atoms. The van der Waals surface area contributed by atoms with Crippen LogP contribution >= 0.6 is 0 Å². The molecule has 20 heavy (non-hydrogen) atoms. The Morgan fingerprint density at radius 3 is 2.85 bits per heavy atom. The molecule has 5 nitrogen and oxygen atoms in total. The van der Waals surface area contributed by atoms with Crippen LogP contribution in [0, 0.1) is 6.92 Å². The zero-order valence-corrected chi connectivity index (χ0v) is 12.6. The van der Waals surface area contributed by atoms with Crippen LogP contribution in [0.4, 0.5) is 0 Å². The van der Waals surface area contributed by atoms with Gasteiger partial charge in [0.1, 0.15) is 17.9 Å². The molecular formula is C15H24N4O. The first-order chi connectivity index (χ1) is 9.74. The largest absolute Gasteiger partial charge is 0.469 e. The molecule has 2 aromatic rings. The molecule has 0 aliphatic rings. The molecule has 2 aromatic heterocycles. The van der Waals surface area contributed by atoms with E-state index in [2.05, 4.69) is 35.3 Å². The minimum absolute atomic E-state index is 0.229. The van der Waals surface area contributed by atoms with E-state index in [0.29, 0.717) is 0 Å². The summed E-state index contributed by atoms with van der Waals surface area (Å²) in [6.07, 6.45) is 6.48. The predicted octanol–water partition coefficient (Wildman–Crippen LogP) is 2.87. The fraction of sp³-hybridized carbons (Fsp3) is 0.600. The van der Waals surface area contributed by atoms with Gasteiger partial charge in [0, 0.05) is 24.6 Å². The van der Waals surface area contributed by atoms with Crippen molar-refractivity contribution in [3.05, 3.63) is 35.8 Å². The van der Waals surface area contributed by atoms with Crippen LogP contribution in [0.5, 0.6) is 0 Å². The van der Waals surface area contributed by atoms with Crippen LogP contribution in [-0.4, -0.2) is 21.3 Å². The van der Waals surface area contributed by atoms with Crippen molar-refractivity contribution >= 4 is 0 Å². The van der Waals surface area contributed by atoms with Crippen LogP contribution in [0.2, 0.25) is 0 Å². The molecule has 110 valence electrons. The van der Waals surface area contributed by atoms with E-state index in [9.17, 15) is 0 Å². The minimum Gasteiger partial charge on any atom is -0.469 e. The van der Waals surface area contributed by atoms with E-state index in [1.54, 1.807) is 6.33 Å². The molecule has 1 atom stereocenters. The lowest BCUT2D eigenvalue weighted by molar-refractivity contribution is 0.478. The summed E-state index contributed by atoms with van der Waals surface area (Å²) in [5.74, 6) is 1.97. The summed E-state index contributed by atoms with van der Waals surface area (Å²) in [4.78, 5) is 4.40. The average Bonchev–Trinajstić information content (AvgIpc) is 3.04. The summed E-state index contributed by atoms with van der Waals surface area (Å²) < 4.78 is 7.43. The van der Waals surface area contributed by atoms with Crippen molar-refractivity contribution in [2.75, 3.05) is 6.54 Å². The van der Waals surface area contributed by atoms with Gasteiger partial charge in [-0.1, -0.05) is 13.8 Å². The smallest absolute Gasteiger partial charge is 0.138 e. The van der Waals surface area contributed by atoms with Crippen LogP contribution in [0.25, 0.3) is 0 Å². The second-order valence-electron chi connectivity index (χ2n) is 5.10. The molecule has 0 fully saturated rings. The highest BCUT2D eigenvalue weighted by Gasteiger charge is 2.17. The van der Waals surface area contributed by atoms with Gasteiger partial charge in [-0.3, -0.25) is 4.68 Å². The van der Waals surface area contributed by atoms with E-state index in [4.69, 9.17) is 4.42 Å². The summed E-state index contributed by atoms with van der Waals surface area (Å²) in [5.41, 5.74) is 1.18. The third kappa shape index (κ3) is 3.70. The SMILES string of the molecule is CCCNC(Cc1ncnn1CCC)c1coc(C)c1. The Hall–Kier alpha value is -1.62. The van der Waals surface area contributed by atoms with Gasteiger partial charge in [-0.15, -0.1) is 0 Å². The Labute approximate surface area is 120 Å². The second kappa shape index (κ2) is 7.24. The maximum Gasteiger partial charge on any atom is 0.138 e. The molecule has 0 aromatic carbocycles. The molecule has 0 amide bonds. The van der Waals surface area contributed by atoms with E-state index < -0.39 is 0 Å². The van der Waals surface area contributed by atoms with E-state index in [-0.39, 0.29) is 6.04 Å². The van der Waals surface area contributed by atoms with Crippen molar-refractivity contribution in [3.63, 3.8) is 0 Å². The number of hydrogen-bond donors (Lipinski definition) is 1. The highest BCUT2D eigenvalue weighted by Crippen LogP contribution is 2.20. The molecule has 2 heterocycles. The Balaban J connectivity index is 2.12. The van der Waals surface area contributed by atoms with Crippen LogP contribution < -0.4 is 5.32 Å². The number of nitrogens with one attached hydrogen (secondary N) is 1. The number of hydrogen-bond acceptors (Lipinski definition) is 4. The zero-order valence-electron chi connectivity index (χ0n) is 12.6. The van der Waals surface area contributed by atoms with Crippen LogP contribution in [0.1, 0.15) is 49.9 Å². The standard InChI is InChI=1S/C15H24N4O/c1-4-6-16-14(13-8-12(3)20-10-13)9-15-17-11-18-19(15)7-5-2/h8,10-11,14,16H,4-7,9H2,1-3H3. The number of aromatic nitrogens is 3. The van der Waals surface area contributed by atoms with Gasteiger partial charge in [-0.2, -0.15) is 5.10 Å². The Bertz CT molecular complexity index is 517. The minimum atomic E-state index is 0.229. The Morgan fingerprint density at radius 2 is 2.20 bits per heavy atom. The van der Waals surface area contributed by atoms with Crippen molar-refractivity contribution < 1.29 is 4.42 Å². The molecule has 2 rings (SSSR count). The molecule has 0 aliphatic carbocycles. The summed E-state index contributed by atoms with van der Waals surface area (Å²) in [5, 5.41) is 7.86. The number of rotatable bonds is 8. The second-order valence-corrected chi connectivity index (χ2v) is 5.10. The molecule has 1 N–H and O–H groups in total. The third-order valence-corrected chi connectivity index (χ3v) is 3.31. The van der Waals surface area contributed by atoms with Crippen molar-refractivity contribution in [1.29, 1.82) is 0 Å². The van der Waals surface area contributed by atoms with E-state index >= 15 is 0 Å². The Kier molecular flexibility index (Phi) is 5.35. The fourth-order valence-corrected chi connectivity index (χ4v) is 2.30. The normalized spacial score (nSPS) is 12.8. The summed E-state index contributed by atoms with van der Waals surface area (Å²) in [6, 6.07) is 2.32. The van der Waals surface area contributed by atoms with Gasteiger partial charge in [-0.05, 0) is 32.4 Å². The predicted molar refractivity (Wildman–Crippen MR) is 78.5 cm³/mol. The molecule has 0 saturated heterocycles. The number of aryl methyl sites for hydroxylation is 2. The summed E-state index contributed by atoms with van der Waals surface area (Å²) >= 11 is 0. The highest BCUT2D eigenvalue weighted by atomic mass is 16.3. The molecule has 0 aliphatic heterocycles. The van der Waals surface area contributed by atoms with Crippen LogP contribution in [0.15, 0.2) is 23.1 Å². The summed E-state index contributed by atoms with van der Waals surface area (Å²) in [6.45, 7) is 8.19.